The van der Waals surface area contributed by atoms with E-state index in [1.54, 1.807) is 97.7 Å². The van der Waals surface area contributed by atoms with Crippen LogP contribution >= 0.6 is 0 Å². The van der Waals surface area contributed by atoms with Crippen LogP contribution in [0.15, 0.2) is 117 Å². The van der Waals surface area contributed by atoms with Crippen LogP contribution in [0, 0.1) is 0 Å². The average molecular weight is 1090 g/mol. The maximum Gasteiger partial charge on any atom is 2.00 e. The van der Waals surface area contributed by atoms with Gasteiger partial charge in [0.05, 0.1) is 0 Å². The second-order valence-corrected chi connectivity index (χ2v) is 12.5. The third kappa shape index (κ3) is 21.7. The summed E-state index contributed by atoms with van der Waals surface area (Å²) in [6.07, 6.45) is 20.3. The van der Waals surface area contributed by atoms with Crippen molar-refractivity contribution in [3.63, 3.8) is 0 Å². The molecule has 0 aromatic heterocycles. The van der Waals surface area contributed by atoms with Crippen LogP contribution in [0.3, 0.4) is 0 Å². The molecule has 0 bridgehead atoms. The summed E-state index contributed by atoms with van der Waals surface area (Å²) in [4.78, 5) is 17.3. The summed E-state index contributed by atoms with van der Waals surface area (Å²) in [5, 5.41) is 46.1. The van der Waals surface area contributed by atoms with Gasteiger partial charge in [-0.2, -0.15) is 0 Å². The Balaban J connectivity index is 0.000000521. The van der Waals surface area contributed by atoms with Gasteiger partial charge in [0.1, 0.15) is 0 Å². The Morgan fingerprint density at radius 3 is 0.685 bits per heavy atom. The smallest absolute Gasteiger partial charge is 0.872 e. The van der Waals surface area contributed by atoms with Crippen LogP contribution in [0.4, 0.5) is 0 Å². The second-order valence-electron chi connectivity index (χ2n) is 12.5. The number of unbranched alkanes of at least 4 members (excludes halogenated alkanes) is 10. The van der Waals surface area contributed by atoms with E-state index >= 15 is 0 Å². The molecule has 0 unspecified atom stereocenters. The molecule has 0 saturated carbocycles. The quantitative estimate of drug-likeness (QED) is 0.0597. The van der Waals surface area contributed by atoms with Gasteiger partial charge >= 0.3 is 42.1 Å². The van der Waals surface area contributed by atoms with Gasteiger partial charge in [0.15, 0.2) is 0 Å². The van der Waals surface area contributed by atoms with Gasteiger partial charge in [-0.25, -0.2) is 0 Å². The minimum atomic E-state index is 0. The molecular weight excluding hydrogens is 1040 g/mol. The molecule has 0 aliphatic rings. The van der Waals surface area contributed by atoms with E-state index in [9.17, 15) is 20.4 Å². The minimum absolute atomic E-state index is 0. The zero-order valence-electron chi connectivity index (χ0n) is 30.9. The molecule has 0 radical (unpaired) electrons. The molecule has 0 amide bonds. The molecule has 0 aliphatic heterocycles. The molecule has 0 heterocycles. The van der Waals surface area contributed by atoms with Crippen LogP contribution in [0.2, 0.25) is 0 Å². The normalized spacial score (nSPS) is 11.1. The van der Waals surface area contributed by atoms with Crippen LogP contribution in [-0.4, -0.2) is 51.0 Å². The Bertz CT molecular complexity index is 1430. The summed E-state index contributed by atoms with van der Waals surface area (Å²) in [6, 6.07) is 27.8. The molecule has 0 aliphatic carbocycles. The molecule has 0 saturated heterocycles. The van der Waals surface area contributed by atoms with Crippen LogP contribution in [-0.2, 0) is 42.1 Å². The van der Waals surface area contributed by atoms with Crippen molar-refractivity contribution in [2.75, 3.05) is 26.2 Å². The number of aliphatic imine (C=N–C) groups is 4. The van der Waals surface area contributed by atoms with Gasteiger partial charge in [0.25, 0.3) is 0 Å². The predicted octanol–water partition coefficient (Wildman–Crippen LogP) is 7.42. The molecule has 0 spiro atoms. The van der Waals surface area contributed by atoms with Gasteiger partial charge in [-0.15, -0.1) is 23.0 Å². The summed E-state index contributed by atoms with van der Waals surface area (Å²) in [5.74, 6) is 0.102. The topological polar surface area (TPSA) is 142 Å². The van der Waals surface area contributed by atoms with E-state index in [1.807, 2.05) is 24.3 Å². The summed E-state index contributed by atoms with van der Waals surface area (Å²) in [5.41, 5.74) is 2.64. The zero-order valence-corrected chi connectivity index (χ0v) is 35.5. The van der Waals surface area contributed by atoms with Gasteiger partial charge in [-0.3, -0.25) is 20.0 Å². The van der Waals surface area contributed by atoms with Crippen molar-refractivity contribution in [2.24, 2.45) is 20.0 Å². The Labute approximate surface area is 350 Å². The third-order valence-electron chi connectivity index (χ3n) is 8.25. The first-order valence-corrected chi connectivity index (χ1v) is 18.6. The zero-order chi connectivity index (χ0) is 36.9. The first-order valence-electron chi connectivity index (χ1n) is 18.6. The number of hydrogen-bond acceptors (Lipinski definition) is 8. The molecule has 292 valence electrons. The Hall–Kier alpha value is -3.86. The summed E-state index contributed by atoms with van der Waals surface area (Å²) in [7, 11) is 0. The molecule has 8 nitrogen and oxygen atoms in total. The van der Waals surface area contributed by atoms with Crippen LogP contribution in [0.1, 0.15) is 99.3 Å². The van der Waals surface area contributed by atoms with Gasteiger partial charge in [0, 0.05) is 51.0 Å². The van der Waals surface area contributed by atoms with Crippen molar-refractivity contribution in [3.05, 3.63) is 119 Å². The van der Waals surface area contributed by atoms with E-state index in [2.05, 4.69) is 20.0 Å². The van der Waals surface area contributed by atoms with Crippen molar-refractivity contribution in [2.45, 2.75) is 77.0 Å². The Morgan fingerprint density at radius 2 is 0.481 bits per heavy atom. The van der Waals surface area contributed by atoms with Crippen molar-refractivity contribution < 1.29 is 62.6 Å². The number of nitrogens with zero attached hydrogens (tertiary/aromatic N) is 4. The summed E-state index contributed by atoms with van der Waals surface area (Å²) >= 11 is 0. The van der Waals surface area contributed by atoms with E-state index in [0.717, 1.165) is 77.5 Å². The van der Waals surface area contributed by atoms with Gasteiger partial charge in [-0.1, -0.05) is 148 Å². The molecule has 54 heavy (non-hydrogen) atoms. The average Bonchev–Trinajstić information content (AvgIpc) is 3.15. The van der Waals surface area contributed by atoms with Gasteiger partial charge in [0.2, 0.25) is 0 Å². The molecule has 4 aromatic carbocycles. The second kappa shape index (κ2) is 31.5. The molecule has 10 heteroatoms. The maximum atomic E-state index is 11.5. The fourth-order valence-corrected chi connectivity index (χ4v) is 5.23. The number of hydrogen-bond donors (Lipinski definition) is 0. The van der Waals surface area contributed by atoms with E-state index in [1.165, 1.54) is 25.7 Å². The summed E-state index contributed by atoms with van der Waals surface area (Å²) in [6.45, 7) is 3.08. The molecule has 4 rings (SSSR count). The number of para-hydroxylation sites is 4. The molecule has 4 aromatic rings. The van der Waals surface area contributed by atoms with E-state index in [0.29, 0.717) is 22.3 Å². The van der Waals surface area contributed by atoms with Crippen molar-refractivity contribution in [1.29, 1.82) is 0 Å². The fraction of sp³-hybridized carbons (Fsp3) is 0.364. The van der Waals surface area contributed by atoms with Crippen molar-refractivity contribution in [1.82, 2.24) is 0 Å². The number of benzene rings is 4. The molecule has 0 atom stereocenters. The van der Waals surface area contributed by atoms with Crippen LogP contribution in [0.25, 0.3) is 0 Å². The van der Waals surface area contributed by atoms with Crippen LogP contribution in [0.5, 0.6) is 23.0 Å². The molecule has 0 N–H and O–H groups in total. The Kier molecular flexibility index (Phi) is 28.1. The summed E-state index contributed by atoms with van der Waals surface area (Å²) < 4.78 is 0. The SMILES string of the molecule is [O-]c1ccccc1C=NCCCCCCCCN=Cc1ccccc1[O-].[O-]c1ccccc1C=NCCCCCCCCN=Cc1ccccc1[O-].[Pt+2].[Pt+2]. The Morgan fingerprint density at radius 1 is 0.296 bits per heavy atom. The molecular formula is C44H52N4O4Pt2. The third-order valence-corrected chi connectivity index (χ3v) is 8.25. The van der Waals surface area contributed by atoms with Crippen LogP contribution < -0.4 is 20.4 Å². The van der Waals surface area contributed by atoms with E-state index < -0.39 is 0 Å². The van der Waals surface area contributed by atoms with E-state index in [-0.39, 0.29) is 65.1 Å². The van der Waals surface area contributed by atoms with E-state index in [4.69, 9.17) is 0 Å². The van der Waals surface area contributed by atoms with Crippen molar-refractivity contribution >= 4 is 24.9 Å². The largest absolute Gasteiger partial charge is 2.00 e. The maximum absolute atomic E-state index is 11.5. The predicted molar refractivity (Wildman–Crippen MR) is 209 cm³/mol. The minimum Gasteiger partial charge on any atom is -0.872 e. The van der Waals surface area contributed by atoms with Crippen molar-refractivity contribution in [3.8, 4) is 23.0 Å². The van der Waals surface area contributed by atoms with Gasteiger partial charge < -0.3 is 20.4 Å². The fourth-order valence-electron chi connectivity index (χ4n) is 5.23. The first-order chi connectivity index (χ1) is 25.5. The number of rotatable bonds is 22. The first kappa shape index (κ1) is 48.2. The standard InChI is InChI=1S/2C22H28N2O2.2Pt/c2*25-21-13-7-5-11-19(21)17-23-15-9-3-1-2-4-10-16-24-18-20-12-6-8-14-22(20)26;;/h2*5-8,11-14,17-18,25-26H,1-4,9-10,15-16H2;;/q;;2*+2/p-4. The van der Waals surface area contributed by atoms with Gasteiger partial charge in [-0.05, 0) is 47.9 Å². The molecule has 0 fully saturated rings. The monoisotopic (exact) mass is 1090 g/mol.